The molecule has 48 heavy (non-hydrogen) atoms. The Morgan fingerprint density at radius 3 is 2.00 bits per heavy atom. The lowest BCUT2D eigenvalue weighted by atomic mass is 10.1. The van der Waals surface area contributed by atoms with Crippen LogP contribution in [0.4, 0.5) is 0 Å². The molecule has 0 saturated carbocycles. The Labute approximate surface area is 282 Å². The molecule has 0 fully saturated rings. The highest BCUT2D eigenvalue weighted by Gasteiger charge is 2.16. The average Bonchev–Trinajstić information content (AvgIpc) is 3.10. The Balaban J connectivity index is 1.37. The van der Waals surface area contributed by atoms with Gasteiger partial charge in [0.25, 0.3) is 0 Å². The van der Waals surface area contributed by atoms with Gasteiger partial charge in [-0.05, 0) is 87.9 Å². The zero-order valence-corrected chi connectivity index (χ0v) is 28.2. The van der Waals surface area contributed by atoms with Crippen LogP contribution in [0, 0.1) is 5.92 Å². The van der Waals surface area contributed by atoms with Crippen molar-refractivity contribution in [3.05, 3.63) is 85.1 Å². The molecule has 3 aromatic rings. The van der Waals surface area contributed by atoms with Gasteiger partial charge in [-0.3, -0.25) is 9.78 Å². The number of pyridine rings is 1. The number of aromatic nitrogens is 1. The van der Waals surface area contributed by atoms with Gasteiger partial charge in [-0.2, -0.15) is 0 Å². The molecular formula is C37H45NO10. The standard InChI is InChI=1S/C37H45NO10/c1-7-25(3)36(40)46-23-27(5)44-22-26(4)45-24-28(6)47-31-15-11-30(12-16-31)37(41)48-32-13-9-29(10-14-32)34-18-17-33(21-38-34)42-19-20-43-35(39)8-2/h8-18,21,25-28H,2,7,19-20,22-24H2,1,3-6H3. The molecule has 0 spiro atoms. The van der Waals surface area contributed by atoms with E-state index in [1.165, 1.54) is 0 Å². The quantitative estimate of drug-likeness (QED) is 0.0589. The van der Waals surface area contributed by atoms with Gasteiger partial charge in [0.2, 0.25) is 0 Å². The number of esters is 3. The third-order valence-electron chi connectivity index (χ3n) is 6.99. The lowest BCUT2D eigenvalue weighted by molar-refractivity contribution is -0.152. The zero-order chi connectivity index (χ0) is 34.9. The molecule has 11 nitrogen and oxygen atoms in total. The van der Waals surface area contributed by atoms with Crippen LogP contribution in [0.1, 0.15) is 51.4 Å². The number of rotatable bonds is 20. The Kier molecular flexibility index (Phi) is 15.6. The van der Waals surface area contributed by atoms with Crippen molar-refractivity contribution in [1.82, 2.24) is 4.98 Å². The van der Waals surface area contributed by atoms with Crippen molar-refractivity contribution in [2.24, 2.45) is 5.92 Å². The summed E-state index contributed by atoms with van der Waals surface area (Å²) in [6.07, 6.45) is 2.75. The van der Waals surface area contributed by atoms with E-state index >= 15 is 0 Å². The van der Waals surface area contributed by atoms with Crippen LogP contribution in [0.2, 0.25) is 0 Å². The monoisotopic (exact) mass is 663 g/mol. The van der Waals surface area contributed by atoms with Crippen LogP contribution in [0.3, 0.4) is 0 Å². The second kappa shape index (κ2) is 19.8. The molecule has 0 aliphatic carbocycles. The molecule has 0 aliphatic rings. The molecule has 3 rings (SSSR count). The van der Waals surface area contributed by atoms with Crippen LogP contribution < -0.4 is 14.2 Å². The van der Waals surface area contributed by atoms with Crippen molar-refractivity contribution >= 4 is 17.9 Å². The molecule has 0 bridgehead atoms. The molecular weight excluding hydrogens is 618 g/mol. The maximum atomic E-state index is 12.7. The Hall–Kier alpha value is -4.74. The van der Waals surface area contributed by atoms with Crippen LogP contribution in [-0.2, 0) is 28.5 Å². The molecule has 0 radical (unpaired) electrons. The number of hydrogen-bond acceptors (Lipinski definition) is 11. The van der Waals surface area contributed by atoms with Gasteiger partial charge >= 0.3 is 17.9 Å². The molecule has 0 amide bonds. The van der Waals surface area contributed by atoms with Gasteiger partial charge in [-0.15, -0.1) is 0 Å². The van der Waals surface area contributed by atoms with Crippen LogP contribution in [0.25, 0.3) is 11.3 Å². The minimum absolute atomic E-state index is 0.109. The second-order valence-corrected chi connectivity index (χ2v) is 11.2. The third kappa shape index (κ3) is 13.2. The van der Waals surface area contributed by atoms with E-state index in [0.717, 1.165) is 18.1 Å². The molecule has 1 heterocycles. The fourth-order valence-electron chi connectivity index (χ4n) is 4.00. The minimum atomic E-state index is -0.503. The topological polar surface area (TPSA) is 129 Å². The van der Waals surface area contributed by atoms with Crippen molar-refractivity contribution < 1.29 is 47.5 Å². The summed E-state index contributed by atoms with van der Waals surface area (Å²) in [5, 5.41) is 0. The molecule has 258 valence electrons. The predicted molar refractivity (Wildman–Crippen MR) is 179 cm³/mol. The molecule has 0 saturated heterocycles. The average molecular weight is 664 g/mol. The van der Waals surface area contributed by atoms with E-state index in [0.29, 0.717) is 41.7 Å². The minimum Gasteiger partial charge on any atom is -0.488 e. The van der Waals surface area contributed by atoms with E-state index in [4.69, 9.17) is 33.2 Å². The van der Waals surface area contributed by atoms with Gasteiger partial charge < -0.3 is 33.2 Å². The lowest BCUT2D eigenvalue weighted by Gasteiger charge is -2.21. The molecule has 11 heteroatoms. The highest BCUT2D eigenvalue weighted by Crippen LogP contribution is 2.23. The largest absolute Gasteiger partial charge is 0.488 e. The van der Waals surface area contributed by atoms with Crippen molar-refractivity contribution in [2.45, 2.75) is 59.4 Å². The Morgan fingerprint density at radius 1 is 0.750 bits per heavy atom. The highest BCUT2D eigenvalue weighted by atomic mass is 16.6. The van der Waals surface area contributed by atoms with Gasteiger partial charge in [-0.1, -0.05) is 20.4 Å². The molecule has 2 aromatic carbocycles. The number of nitrogens with zero attached hydrogens (tertiary/aromatic N) is 1. The van der Waals surface area contributed by atoms with Gasteiger partial charge in [0.05, 0.1) is 48.8 Å². The lowest BCUT2D eigenvalue weighted by Crippen LogP contribution is -2.28. The first-order valence-corrected chi connectivity index (χ1v) is 15.9. The maximum absolute atomic E-state index is 12.7. The summed E-state index contributed by atoms with van der Waals surface area (Å²) in [5.41, 5.74) is 1.92. The summed E-state index contributed by atoms with van der Waals surface area (Å²) < 4.78 is 38.7. The number of carbonyl (C=O) groups excluding carboxylic acids is 3. The number of hydrogen-bond donors (Lipinski definition) is 0. The first-order valence-electron chi connectivity index (χ1n) is 15.9. The van der Waals surface area contributed by atoms with Crippen molar-refractivity contribution in [2.75, 3.05) is 33.0 Å². The second-order valence-electron chi connectivity index (χ2n) is 11.2. The number of ether oxygens (including phenoxy) is 7. The first-order chi connectivity index (χ1) is 23.1. The van der Waals surface area contributed by atoms with Gasteiger partial charge in [0.1, 0.15) is 43.2 Å². The number of benzene rings is 2. The molecule has 0 aliphatic heterocycles. The highest BCUT2D eigenvalue weighted by molar-refractivity contribution is 5.91. The van der Waals surface area contributed by atoms with E-state index in [2.05, 4.69) is 11.6 Å². The Bertz CT molecular complexity index is 1440. The smallest absolute Gasteiger partial charge is 0.343 e. The normalized spacial score (nSPS) is 13.4. The summed E-state index contributed by atoms with van der Waals surface area (Å²) in [6.45, 7) is 14.0. The molecule has 4 unspecified atom stereocenters. The first kappa shape index (κ1) is 37.7. The van der Waals surface area contributed by atoms with Crippen LogP contribution in [0.15, 0.2) is 79.5 Å². The molecule has 0 N–H and O–H groups in total. The van der Waals surface area contributed by atoms with Gasteiger partial charge in [0, 0.05) is 11.6 Å². The fourth-order valence-corrected chi connectivity index (χ4v) is 4.00. The molecule has 1 aromatic heterocycles. The summed E-state index contributed by atoms with van der Waals surface area (Å²) in [4.78, 5) is 40.0. The van der Waals surface area contributed by atoms with Crippen molar-refractivity contribution in [3.63, 3.8) is 0 Å². The predicted octanol–water partition coefficient (Wildman–Crippen LogP) is 6.24. The molecule has 4 atom stereocenters. The zero-order valence-electron chi connectivity index (χ0n) is 28.2. The van der Waals surface area contributed by atoms with Gasteiger partial charge in [0.15, 0.2) is 0 Å². The van der Waals surface area contributed by atoms with Crippen LogP contribution >= 0.6 is 0 Å². The van der Waals surface area contributed by atoms with Crippen LogP contribution in [-0.4, -0.2) is 74.2 Å². The van der Waals surface area contributed by atoms with Crippen LogP contribution in [0.5, 0.6) is 17.2 Å². The maximum Gasteiger partial charge on any atom is 0.343 e. The SMILES string of the molecule is C=CC(=O)OCCOc1ccc(-c2ccc(OC(=O)c3ccc(OC(C)COC(C)COC(C)COC(=O)C(C)CC)cc3)cc2)nc1. The number of carbonyl (C=O) groups is 3. The Morgan fingerprint density at radius 2 is 1.38 bits per heavy atom. The summed E-state index contributed by atoms with van der Waals surface area (Å²) in [5.74, 6) is 0.185. The van der Waals surface area contributed by atoms with E-state index in [1.807, 2.05) is 34.6 Å². The van der Waals surface area contributed by atoms with E-state index in [1.54, 1.807) is 66.9 Å². The van der Waals surface area contributed by atoms with Crippen molar-refractivity contribution in [1.29, 1.82) is 0 Å². The summed E-state index contributed by atoms with van der Waals surface area (Å²) in [7, 11) is 0. The fraction of sp³-hybridized carbons (Fsp3) is 0.405. The van der Waals surface area contributed by atoms with Gasteiger partial charge in [-0.25, -0.2) is 9.59 Å². The van der Waals surface area contributed by atoms with Crippen molar-refractivity contribution in [3.8, 4) is 28.5 Å². The summed E-state index contributed by atoms with van der Waals surface area (Å²) in [6, 6.07) is 17.3. The van der Waals surface area contributed by atoms with E-state index in [9.17, 15) is 14.4 Å². The van der Waals surface area contributed by atoms with E-state index in [-0.39, 0.29) is 50.0 Å². The summed E-state index contributed by atoms with van der Waals surface area (Å²) >= 11 is 0. The van der Waals surface area contributed by atoms with E-state index < -0.39 is 11.9 Å². The third-order valence-corrected chi connectivity index (χ3v) is 6.99.